The first-order valence-corrected chi connectivity index (χ1v) is 9.42. The highest BCUT2D eigenvalue weighted by Crippen LogP contribution is 2.21. The minimum Gasteiger partial charge on any atom is -0.480 e. The van der Waals surface area contributed by atoms with Crippen LogP contribution in [0.5, 0.6) is 0 Å². The van der Waals surface area contributed by atoms with E-state index in [0.29, 0.717) is 24.6 Å². The SMILES string of the molecule is O=C(CCCc1nc(-c2cccs2)no1)N[C@@H](Cc1ccccc1)C(=O)O. The van der Waals surface area contributed by atoms with Gasteiger partial charge in [0.2, 0.25) is 17.6 Å². The molecule has 0 saturated heterocycles. The number of nitrogens with one attached hydrogen (secondary N) is 1. The van der Waals surface area contributed by atoms with Crippen molar-refractivity contribution in [3.8, 4) is 10.7 Å². The minimum absolute atomic E-state index is 0.190. The molecule has 0 aliphatic rings. The van der Waals surface area contributed by atoms with Gasteiger partial charge in [0.15, 0.2) is 0 Å². The smallest absolute Gasteiger partial charge is 0.326 e. The van der Waals surface area contributed by atoms with E-state index in [4.69, 9.17) is 4.52 Å². The predicted octanol–water partition coefficient (Wildman–Crippen LogP) is 2.93. The summed E-state index contributed by atoms with van der Waals surface area (Å²) in [4.78, 5) is 28.7. The summed E-state index contributed by atoms with van der Waals surface area (Å²) in [5.74, 6) is -0.357. The van der Waals surface area contributed by atoms with E-state index < -0.39 is 12.0 Å². The van der Waals surface area contributed by atoms with Crippen molar-refractivity contribution < 1.29 is 19.2 Å². The summed E-state index contributed by atoms with van der Waals surface area (Å²) in [6, 6.07) is 12.1. The summed E-state index contributed by atoms with van der Waals surface area (Å²) >= 11 is 1.52. The van der Waals surface area contributed by atoms with Crippen LogP contribution >= 0.6 is 11.3 Å². The fourth-order valence-electron chi connectivity index (χ4n) is 2.58. The van der Waals surface area contributed by atoms with Crippen molar-refractivity contribution in [1.29, 1.82) is 0 Å². The van der Waals surface area contributed by atoms with E-state index in [0.717, 1.165) is 10.4 Å². The number of aromatic nitrogens is 2. The van der Waals surface area contributed by atoms with Crippen LogP contribution in [0.15, 0.2) is 52.4 Å². The number of carbonyl (C=O) groups excluding carboxylic acids is 1. The Balaban J connectivity index is 1.46. The molecule has 7 nitrogen and oxygen atoms in total. The Morgan fingerprint density at radius 1 is 1.19 bits per heavy atom. The van der Waals surface area contributed by atoms with Gasteiger partial charge in [0, 0.05) is 19.3 Å². The fourth-order valence-corrected chi connectivity index (χ4v) is 3.23. The lowest BCUT2D eigenvalue weighted by molar-refractivity contribution is -0.141. The average molecular weight is 385 g/mol. The van der Waals surface area contributed by atoms with Crippen molar-refractivity contribution in [2.45, 2.75) is 31.7 Å². The van der Waals surface area contributed by atoms with Crippen LogP contribution in [-0.4, -0.2) is 33.2 Å². The number of carboxylic acids is 1. The summed E-state index contributed by atoms with van der Waals surface area (Å²) in [5.41, 5.74) is 0.858. The van der Waals surface area contributed by atoms with Crippen molar-refractivity contribution in [1.82, 2.24) is 15.5 Å². The van der Waals surface area contributed by atoms with Gasteiger partial charge in [-0.2, -0.15) is 4.98 Å². The molecule has 140 valence electrons. The lowest BCUT2D eigenvalue weighted by Gasteiger charge is -2.14. The van der Waals surface area contributed by atoms with E-state index in [1.807, 2.05) is 47.8 Å². The number of nitrogens with zero attached hydrogens (tertiary/aromatic N) is 2. The molecule has 0 saturated carbocycles. The molecule has 3 rings (SSSR count). The van der Waals surface area contributed by atoms with Gasteiger partial charge in [-0.25, -0.2) is 4.79 Å². The van der Waals surface area contributed by atoms with Gasteiger partial charge in [0.05, 0.1) is 4.88 Å². The van der Waals surface area contributed by atoms with Crippen molar-refractivity contribution in [3.05, 3.63) is 59.3 Å². The Hall–Kier alpha value is -3.00. The largest absolute Gasteiger partial charge is 0.480 e. The van der Waals surface area contributed by atoms with Crippen LogP contribution < -0.4 is 5.32 Å². The zero-order valence-corrected chi connectivity index (χ0v) is 15.3. The zero-order chi connectivity index (χ0) is 19.1. The second-order valence-electron chi connectivity index (χ2n) is 5.99. The van der Waals surface area contributed by atoms with Crippen LogP contribution in [0.4, 0.5) is 0 Å². The molecule has 0 fully saturated rings. The molecule has 0 radical (unpaired) electrons. The van der Waals surface area contributed by atoms with Crippen LogP contribution in [0.3, 0.4) is 0 Å². The van der Waals surface area contributed by atoms with Crippen molar-refractivity contribution >= 4 is 23.2 Å². The number of hydrogen-bond donors (Lipinski definition) is 2. The molecule has 8 heteroatoms. The highest BCUT2D eigenvalue weighted by molar-refractivity contribution is 7.13. The number of carboxylic acid groups (broad SMARTS) is 1. The topological polar surface area (TPSA) is 105 Å². The number of thiophene rings is 1. The van der Waals surface area contributed by atoms with Gasteiger partial charge in [0.25, 0.3) is 0 Å². The Bertz CT molecular complexity index is 878. The van der Waals surface area contributed by atoms with E-state index >= 15 is 0 Å². The van der Waals surface area contributed by atoms with Crippen molar-refractivity contribution in [3.63, 3.8) is 0 Å². The van der Waals surface area contributed by atoms with Gasteiger partial charge >= 0.3 is 5.97 Å². The average Bonchev–Trinajstić information content (AvgIpc) is 3.33. The second kappa shape index (κ2) is 9.09. The van der Waals surface area contributed by atoms with Crippen LogP contribution in [0, 0.1) is 0 Å². The summed E-state index contributed by atoms with van der Waals surface area (Å²) in [5, 5.41) is 17.8. The van der Waals surface area contributed by atoms with E-state index in [2.05, 4.69) is 15.5 Å². The second-order valence-corrected chi connectivity index (χ2v) is 6.94. The maximum absolute atomic E-state index is 12.1. The molecule has 0 aliphatic carbocycles. The molecule has 1 atom stereocenters. The quantitative estimate of drug-likeness (QED) is 0.587. The van der Waals surface area contributed by atoms with Gasteiger partial charge in [0.1, 0.15) is 6.04 Å². The number of hydrogen-bond acceptors (Lipinski definition) is 6. The van der Waals surface area contributed by atoms with E-state index in [-0.39, 0.29) is 18.7 Å². The summed E-state index contributed by atoms with van der Waals surface area (Å²) < 4.78 is 5.19. The number of aliphatic carboxylic acids is 1. The van der Waals surface area contributed by atoms with Gasteiger partial charge in [-0.3, -0.25) is 4.79 Å². The lowest BCUT2D eigenvalue weighted by Crippen LogP contribution is -2.42. The highest BCUT2D eigenvalue weighted by atomic mass is 32.1. The first kappa shape index (κ1) is 18.8. The normalized spacial score (nSPS) is 11.9. The third-order valence-corrected chi connectivity index (χ3v) is 4.79. The molecule has 2 N–H and O–H groups in total. The molecular formula is C19H19N3O4S. The third kappa shape index (κ3) is 5.49. The molecule has 2 aromatic heterocycles. The Morgan fingerprint density at radius 3 is 2.70 bits per heavy atom. The molecule has 0 unspecified atom stereocenters. The van der Waals surface area contributed by atoms with Crippen molar-refractivity contribution in [2.24, 2.45) is 0 Å². The third-order valence-electron chi connectivity index (χ3n) is 3.92. The maximum atomic E-state index is 12.1. The van der Waals surface area contributed by atoms with Crippen molar-refractivity contribution in [2.75, 3.05) is 0 Å². The Morgan fingerprint density at radius 2 is 2.00 bits per heavy atom. The molecule has 3 aromatic rings. The van der Waals surface area contributed by atoms with Crippen LogP contribution in [0.1, 0.15) is 24.3 Å². The molecule has 1 aromatic carbocycles. The molecular weight excluding hydrogens is 366 g/mol. The van der Waals surface area contributed by atoms with Gasteiger partial charge in [-0.05, 0) is 23.4 Å². The fraction of sp³-hybridized carbons (Fsp3) is 0.263. The van der Waals surface area contributed by atoms with Crippen LogP contribution in [0.25, 0.3) is 10.7 Å². The first-order chi connectivity index (χ1) is 13.1. The van der Waals surface area contributed by atoms with E-state index in [9.17, 15) is 14.7 Å². The number of rotatable bonds is 9. The molecule has 0 aliphatic heterocycles. The lowest BCUT2D eigenvalue weighted by atomic mass is 10.1. The summed E-state index contributed by atoms with van der Waals surface area (Å²) in [6.45, 7) is 0. The van der Waals surface area contributed by atoms with E-state index in [1.54, 1.807) is 0 Å². The minimum atomic E-state index is -1.05. The number of carbonyl (C=O) groups is 2. The first-order valence-electron chi connectivity index (χ1n) is 8.54. The monoisotopic (exact) mass is 385 g/mol. The Kier molecular flexibility index (Phi) is 6.32. The molecule has 0 bridgehead atoms. The number of aryl methyl sites for hydroxylation is 1. The highest BCUT2D eigenvalue weighted by Gasteiger charge is 2.20. The van der Waals surface area contributed by atoms with Crippen LogP contribution in [0.2, 0.25) is 0 Å². The van der Waals surface area contributed by atoms with Gasteiger partial charge in [-0.1, -0.05) is 41.6 Å². The summed E-state index contributed by atoms with van der Waals surface area (Å²) in [7, 11) is 0. The maximum Gasteiger partial charge on any atom is 0.326 e. The standard InChI is InChI=1S/C19H19N3O4S/c23-16(20-14(19(24)25)12-13-6-2-1-3-7-13)9-4-10-17-21-18(22-26-17)15-8-5-11-27-15/h1-3,5-8,11,14H,4,9-10,12H2,(H,20,23)(H,24,25)/t14-/m0/s1. The molecule has 0 spiro atoms. The zero-order valence-electron chi connectivity index (χ0n) is 14.5. The van der Waals surface area contributed by atoms with E-state index in [1.165, 1.54) is 11.3 Å². The molecule has 2 heterocycles. The molecule has 27 heavy (non-hydrogen) atoms. The number of amides is 1. The van der Waals surface area contributed by atoms with Crippen LogP contribution in [-0.2, 0) is 22.4 Å². The molecule has 1 amide bonds. The Labute approximate surface area is 160 Å². The number of benzene rings is 1. The summed E-state index contributed by atoms with van der Waals surface area (Å²) in [6.07, 6.45) is 1.39. The van der Waals surface area contributed by atoms with Gasteiger partial charge < -0.3 is 14.9 Å². The predicted molar refractivity (Wildman–Crippen MR) is 100 cm³/mol. The van der Waals surface area contributed by atoms with Gasteiger partial charge in [-0.15, -0.1) is 11.3 Å².